The second-order valence-corrected chi connectivity index (χ2v) is 4.48. The molecule has 0 aliphatic carbocycles. The normalized spacial score (nSPS) is 19.9. The molecule has 5 heteroatoms. The first-order valence-corrected chi connectivity index (χ1v) is 5.70. The molecule has 4 nitrogen and oxygen atoms in total. The first kappa shape index (κ1) is 14.1. The highest BCUT2D eigenvalue weighted by Gasteiger charge is 2.24. The second kappa shape index (κ2) is 5.56. The van der Waals surface area contributed by atoms with Crippen molar-refractivity contribution < 1.29 is 9.21 Å². The summed E-state index contributed by atoms with van der Waals surface area (Å²) < 4.78 is 5.37. The number of halogens is 1. The Balaban J connectivity index is 0.00000144. The number of furan rings is 1. The molecule has 1 aliphatic rings. The van der Waals surface area contributed by atoms with Crippen molar-refractivity contribution in [3.63, 3.8) is 0 Å². The minimum absolute atomic E-state index is 0. The summed E-state index contributed by atoms with van der Waals surface area (Å²) >= 11 is 0. The molecule has 0 saturated carbocycles. The smallest absolute Gasteiger partial charge is 0.257 e. The summed E-state index contributed by atoms with van der Waals surface area (Å²) in [5.41, 5.74) is 6.54. The van der Waals surface area contributed by atoms with Gasteiger partial charge >= 0.3 is 0 Å². The number of carbonyl (C=O) groups is 1. The summed E-state index contributed by atoms with van der Waals surface area (Å²) in [6, 6.07) is 1.92. The van der Waals surface area contributed by atoms with Crippen molar-refractivity contribution >= 4 is 18.3 Å². The van der Waals surface area contributed by atoms with Gasteiger partial charge < -0.3 is 15.1 Å². The van der Waals surface area contributed by atoms with E-state index in [1.165, 1.54) is 0 Å². The topological polar surface area (TPSA) is 59.5 Å². The Morgan fingerprint density at radius 2 is 2.24 bits per heavy atom. The SMILES string of the molecule is Cc1cc(C(=O)N2CCCC(N)C2)c(C)o1.Cl. The Morgan fingerprint density at radius 3 is 2.76 bits per heavy atom. The Hall–Kier alpha value is -1.000. The minimum atomic E-state index is 0. The molecule has 17 heavy (non-hydrogen) atoms. The lowest BCUT2D eigenvalue weighted by Crippen LogP contribution is -2.45. The highest BCUT2D eigenvalue weighted by molar-refractivity contribution is 5.95. The van der Waals surface area contributed by atoms with Crippen LogP contribution in [0.15, 0.2) is 10.5 Å². The first-order valence-electron chi connectivity index (χ1n) is 5.70. The molecule has 2 N–H and O–H groups in total. The van der Waals surface area contributed by atoms with E-state index in [0.717, 1.165) is 25.1 Å². The molecule has 96 valence electrons. The highest BCUT2D eigenvalue weighted by atomic mass is 35.5. The summed E-state index contributed by atoms with van der Waals surface area (Å²) in [6.45, 7) is 5.13. The number of amides is 1. The first-order chi connectivity index (χ1) is 7.58. The maximum Gasteiger partial charge on any atom is 0.257 e. The van der Waals surface area contributed by atoms with E-state index in [1.54, 1.807) is 6.07 Å². The summed E-state index contributed by atoms with van der Waals surface area (Å²) in [5, 5.41) is 0. The Labute approximate surface area is 108 Å². The zero-order valence-corrected chi connectivity index (χ0v) is 11.0. The molecule has 1 aromatic heterocycles. The molecule has 0 radical (unpaired) electrons. The summed E-state index contributed by atoms with van der Waals surface area (Å²) in [6.07, 6.45) is 2.00. The standard InChI is InChI=1S/C12H18N2O2.ClH/c1-8-6-11(9(2)16-8)12(15)14-5-3-4-10(13)7-14;/h6,10H,3-5,7,13H2,1-2H3;1H. The third-order valence-corrected chi connectivity index (χ3v) is 3.02. The third kappa shape index (κ3) is 3.01. The molecule has 0 bridgehead atoms. The number of piperidine rings is 1. The number of hydrogen-bond acceptors (Lipinski definition) is 3. The number of rotatable bonds is 1. The number of nitrogens with two attached hydrogens (primary N) is 1. The molecule has 1 saturated heterocycles. The van der Waals surface area contributed by atoms with Crippen LogP contribution in [0, 0.1) is 13.8 Å². The van der Waals surface area contributed by atoms with Gasteiger partial charge in [0.2, 0.25) is 0 Å². The minimum Gasteiger partial charge on any atom is -0.466 e. The van der Waals surface area contributed by atoms with Gasteiger partial charge in [0.15, 0.2) is 0 Å². The van der Waals surface area contributed by atoms with E-state index in [-0.39, 0.29) is 24.4 Å². The van der Waals surface area contributed by atoms with E-state index in [9.17, 15) is 4.79 Å². The van der Waals surface area contributed by atoms with Crippen molar-refractivity contribution in [2.45, 2.75) is 32.7 Å². The van der Waals surface area contributed by atoms with Gasteiger partial charge in [-0.05, 0) is 32.8 Å². The predicted octanol–water partition coefficient (Wildman–Crippen LogP) is 1.88. The van der Waals surface area contributed by atoms with E-state index in [4.69, 9.17) is 10.2 Å². The molecule has 1 aliphatic heterocycles. The fourth-order valence-corrected chi connectivity index (χ4v) is 2.21. The van der Waals surface area contributed by atoms with Gasteiger partial charge in [0, 0.05) is 19.1 Å². The third-order valence-electron chi connectivity index (χ3n) is 3.02. The van der Waals surface area contributed by atoms with Crippen molar-refractivity contribution in [3.05, 3.63) is 23.2 Å². The van der Waals surface area contributed by atoms with Crippen LogP contribution in [0.1, 0.15) is 34.7 Å². The molecular formula is C12H19ClN2O2. The van der Waals surface area contributed by atoms with Gasteiger partial charge in [0.25, 0.3) is 5.91 Å². The van der Waals surface area contributed by atoms with Crippen molar-refractivity contribution in [1.29, 1.82) is 0 Å². The second-order valence-electron chi connectivity index (χ2n) is 4.48. The molecule has 2 heterocycles. The van der Waals surface area contributed by atoms with Gasteiger partial charge in [-0.25, -0.2) is 0 Å². The molecule has 1 amide bonds. The lowest BCUT2D eigenvalue weighted by Gasteiger charge is -2.30. The molecule has 1 aromatic rings. The average molecular weight is 259 g/mol. The number of aryl methyl sites for hydroxylation is 2. The van der Waals surface area contributed by atoms with Crippen LogP contribution in [-0.2, 0) is 0 Å². The summed E-state index contributed by atoms with van der Waals surface area (Å²) in [7, 11) is 0. The lowest BCUT2D eigenvalue weighted by atomic mass is 10.1. The van der Waals surface area contributed by atoms with Gasteiger partial charge in [-0.1, -0.05) is 0 Å². The lowest BCUT2D eigenvalue weighted by molar-refractivity contribution is 0.0707. The number of nitrogens with zero attached hydrogens (tertiary/aromatic N) is 1. The number of carbonyl (C=O) groups excluding carboxylic acids is 1. The van der Waals surface area contributed by atoms with Crippen LogP contribution in [0.4, 0.5) is 0 Å². The van der Waals surface area contributed by atoms with E-state index < -0.39 is 0 Å². The van der Waals surface area contributed by atoms with Crippen molar-refractivity contribution in [2.24, 2.45) is 5.73 Å². The molecule has 1 unspecified atom stereocenters. The van der Waals surface area contributed by atoms with Crippen molar-refractivity contribution in [3.8, 4) is 0 Å². The zero-order chi connectivity index (χ0) is 11.7. The quantitative estimate of drug-likeness (QED) is 0.837. The molecule has 1 atom stereocenters. The van der Waals surface area contributed by atoms with Crippen LogP contribution in [0.5, 0.6) is 0 Å². The molecular weight excluding hydrogens is 240 g/mol. The summed E-state index contributed by atoms with van der Waals surface area (Å²) in [5.74, 6) is 1.52. The Bertz CT molecular complexity index is 403. The van der Waals surface area contributed by atoms with Gasteiger partial charge in [-0.2, -0.15) is 0 Å². The van der Waals surface area contributed by atoms with Crippen molar-refractivity contribution in [1.82, 2.24) is 4.90 Å². The average Bonchev–Trinajstić information content (AvgIpc) is 2.57. The number of hydrogen-bond donors (Lipinski definition) is 1. The van der Waals surface area contributed by atoms with Crippen LogP contribution in [-0.4, -0.2) is 29.9 Å². The van der Waals surface area contributed by atoms with E-state index in [2.05, 4.69) is 0 Å². The summed E-state index contributed by atoms with van der Waals surface area (Å²) in [4.78, 5) is 14.0. The fourth-order valence-electron chi connectivity index (χ4n) is 2.21. The fraction of sp³-hybridized carbons (Fsp3) is 0.583. The van der Waals surface area contributed by atoms with Crippen LogP contribution in [0.2, 0.25) is 0 Å². The van der Waals surface area contributed by atoms with Crippen molar-refractivity contribution in [2.75, 3.05) is 13.1 Å². The number of likely N-dealkylation sites (tertiary alicyclic amines) is 1. The van der Waals surface area contributed by atoms with Gasteiger partial charge in [0.1, 0.15) is 11.5 Å². The highest BCUT2D eigenvalue weighted by Crippen LogP contribution is 2.18. The van der Waals surface area contributed by atoms with Crippen LogP contribution >= 0.6 is 12.4 Å². The Kier molecular flexibility index (Phi) is 4.60. The molecule has 0 aromatic carbocycles. The van der Waals surface area contributed by atoms with Crippen LogP contribution in [0.25, 0.3) is 0 Å². The van der Waals surface area contributed by atoms with Gasteiger partial charge in [-0.15, -0.1) is 12.4 Å². The molecule has 1 fully saturated rings. The largest absolute Gasteiger partial charge is 0.466 e. The Morgan fingerprint density at radius 1 is 1.53 bits per heavy atom. The van der Waals surface area contributed by atoms with Crippen LogP contribution < -0.4 is 5.73 Å². The van der Waals surface area contributed by atoms with Gasteiger partial charge in [0.05, 0.1) is 5.56 Å². The predicted molar refractivity (Wildman–Crippen MR) is 68.5 cm³/mol. The van der Waals surface area contributed by atoms with E-state index in [1.807, 2.05) is 18.7 Å². The van der Waals surface area contributed by atoms with Crippen LogP contribution in [0.3, 0.4) is 0 Å². The molecule has 0 spiro atoms. The monoisotopic (exact) mass is 258 g/mol. The molecule has 2 rings (SSSR count). The van der Waals surface area contributed by atoms with E-state index >= 15 is 0 Å². The van der Waals surface area contributed by atoms with E-state index in [0.29, 0.717) is 17.9 Å². The maximum atomic E-state index is 12.2. The maximum absolute atomic E-state index is 12.2. The zero-order valence-electron chi connectivity index (χ0n) is 10.2. The van der Waals surface area contributed by atoms with Gasteiger partial charge in [-0.3, -0.25) is 4.79 Å².